The molecule has 0 aliphatic rings. The Bertz CT molecular complexity index is 734. The monoisotopic (exact) mass is 258 g/mol. The van der Waals surface area contributed by atoms with Crippen LogP contribution in [-0.4, -0.2) is 14.7 Å². The van der Waals surface area contributed by atoms with Crippen LogP contribution in [0.1, 0.15) is 0 Å². The predicted octanol–water partition coefficient (Wildman–Crippen LogP) is 3.60. The molecule has 1 aromatic heterocycles. The third-order valence-electron chi connectivity index (χ3n) is 2.95. The summed E-state index contributed by atoms with van der Waals surface area (Å²) in [7, 11) is 1.92. The Kier molecular flexibility index (Phi) is 2.49. The first-order valence-electron chi connectivity index (χ1n) is 5.56. The normalized spacial score (nSPS) is 11.0. The minimum atomic E-state index is 0.239. The molecule has 4 heteroatoms. The van der Waals surface area contributed by atoms with Gasteiger partial charge in [0.15, 0.2) is 0 Å². The van der Waals surface area contributed by atoms with Gasteiger partial charge in [-0.2, -0.15) is 0 Å². The fourth-order valence-electron chi connectivity index (χ4n) is 2.06. The summed E-state index contributed by atoms with van der Waals surface area (Å²) in [4.78, 5) is 4.56. The lowest BCUT2D eigenvalue weighted by atomic mass is 10.2. The SMILES string of the molecule is Cn1c(-c2cccc(Cl)c2)nc2ccc(O)cc21. The molecule has 0 fully saturated rings. The summed E-state index contributed by atoms with van der Waals surface area (Å²) in [5.74, 6) is 1.07. The second-order valence-corrected chi connectivity index (χ2v) is 4.61. The zero-order valence-corrected chi connectivity index (χ0v) is 10.5. The van der Waals surface area contributed by atoms with E-state index in [-0.39, 0.29) is 5.75 Å². The molecule has 1 heterocycles. The van der Waals surface area contributed by atoms with Crippen molar-refractivity contribution in [2.45, 2.75) is 0 Å². The quantitative estimate of drug-likeness (QED) is 0.724. The van der Waals surface area contributed by atoms with E-state index in [1.165, 1.54) is 0 Å². The smallest absolute Gasteiger partial charge is 0.140 e. The van der Waals surface area contributed by atoms with Crippen molar-refractivity contribution in [3.05, 3.63) is 47.5 Å². The van der Waals surface area contributed by atoms with Crippen molar-refractivity contribution in [1.29, 1.82) is 0 Å². The van der Waals surface area contributed by atoms with Crippen LogP contribution in [0.5, 0.6) is 5.75 Å². The van der Waals surface area contributed by atoms with Crippen LogP contribution in [-0.2, 0) is 7.05 Å². The van der Waals surface area contributed by atoms with Gasteiger partial charge in [-0.3, -0.25) is 0 Å². The summed E-state index contributed by atoms with van der Waals surface area (Å²) in [6, 6.07) is 12.7. The number of halogens is 1. The van der Waals surface area contributed by atoms with Crippen LogP contribution in [0, 0.1) is 0 Å². The molecule has 2 aromatic carbocycles. The maximum Gasteiger partial charge on any atom is 0.140 e. The van der Waals surface area contributed by atoms with E-state index in [1.54, 1.807) is 18.2 Å². The van der Waals surface area contributed by atoms with Crippen LogP contribution in [0.4, 0.5) is 0 Å². The molecule has 3 nitrogen and oxygen atoms in total. The molecule has 0 saturated heterocycles. The second kappa shape index (κ2) is 4.03. The first-order chi connectivity index (χ1) is 8.65. The summed E-state index contributed by atoms with van der Waals surface area (Å²) in [6.45, 7) is 0. The zero-order valence-electron chi connectivity index (χ0n) is 9.76. The number of phenols is 1. The topological polar surface area (TPSA) is 38.0 Å². The lowest BCUT2D eigenvalue weighted by molar-refractivity contribution is 0.476. The molecule has 1 N–H and O–H groups in total. The molecule has 0 radical (unpaired) electrons. The fourth-order valence-corrected chi connectivity index (χ4v) is 2.25. The van der Waals surface area contributed by atoms with E-state index >= 15 is 0 Å². The number of hydrogen-bond donors (Lipinski definition) is 1. The fraction of sp³-hybridized carbons (Fsp3) is 0.0714. The second-order valence-electron chi connectivity index (χ2n) is 4.18. The van der Waals surface area contributed by atoms with Crippen molar-refractivity contribution in [3.8, 4) is 17.1 Å². The summed E-state index contributed by atoms with van der Waals surface area (Å²) in [5, 5.41) is 10.2. The number of nitrogens with zero attached hydrogens (tertiary/aromatic N) is 2. The third kappa shape index (κ3) is 1.73. The Morgan fingerprint density at radius 1 is 1.17 bits per heavy atom. The molecular formula is C14H11ClN2O. The highest BCUT2D eigenvalue weighted by molar-refractivity contribution is 6.30. The highest BCUT2D eigenvalue weighted by Gasteiger charge is 2.10. The van der Waals surface area contributed by atoms with Gasteiger partial charge in [0, 0.05) is 23.7 Å². The van der Waals surface area contributed by atoms with E-state index in [2.05, 4.69) is 4.98 Å². The molecular weight excluding hydrogens is 248 g/mol. The van der Waals surface area contributed by atoms with Gasteiger partial charge < -0.3 is 9.67 Å². The van der Waals surface area contributed by atoms with E-state index < -0.39 is 0 Å². The minimum absolute atomic E-state index is 0.239. The molecule has 0 saturated carbocycles. The number of aromatic nitrogens is 2. The average molecular weight is 259 g/mol. The van der Waals surface area contributed by atoms with E-state index in [4.69, 9.17) is 11.6 Å². The molecule has 0 spiro atoms. The van der Waals surface area contributed by atoms with Crippen LogP contribution in [0.25, 0.3) is 22.4 Å². The number of phenolic OH excluding ortho intramolecular Hbond substituents is 1. The summed E-state index contributed by atoms with van der Waals surface area (Å²) >= 11 is 5.99. The molecule has 18 heavy (non-hydrogen) atoms. The van der Waals surface area contributed by atoms with Gasteiger partial charge in [-0.1, -0.05) is 23.7 Å². The number of hydrogen-bond acceptors (Lipinski definition) is 2. The molecule has 0 unspecified atom stereocenters. The zero-order chi connectivity index (χ0) is 12.7. The Balaban J connectivity index is 2.27. The number of imidazole rings is 1. The Morgan fingerprint density at radius 2 is 2.00 bits per heavy atom. The number of rotatable bonds is 1. The Hall–Kier alpha value is -2.00. The first kappa shape index (κ1) is 11.1. The van der Waals surface area contributed by atoms with Gasteiger partial charge in [-0.15, -0.1) is 0 Å². The average Bonchev–Trinajstić information content (AvgIpc) is 2.67. The molecule has 3 rings (SSSR count). The predicted molar refractivity (Wildman–Crippen MR) is 72.8 cm³/mol. The van der Waals surface area contributed by atoms with Crippen LogP contribution >= 0.6 is 11.6 Å². The van der Waals surface area contributed by atoms with Crippen molar-refractivity contribution in [2.75, 3.05) is 0 Å². The summed E-state index contributed by atoms with van der Waals surface area (Å²) in [5.41, 5.74) is 2.70. The van der Waals surface area contributed by atoms with Gasteiger partial charge in [0.25, 0.3) is 0 Å². The molecule has 0 atom stereocenters. The number of aryl methyl sites for hydroxylation is 1. The van der Waals surface area contributed by atoms with Gasteiger partial charge in [-0.05, 0) is 24.3 Å². The highest BCUT2D eigenvalue weighted by atomic mass is 35.5. The molecule has 0 amide bonds. The largest absolute Gasteiger partial charge is 0.508 e. The van der Waals surface area contributed by atoms with Crippen LogP contribution in [0.15, 0.2) is 42.5 Å². The van der Waals surface area contributed by atoms with Crippen molar-refractivity contribution in [2.24, 2.45) is 7.05 Å². The maximum absolute atomic E-state index is 9.52. The van der Waals surface area contributed by atoms with Gasteiger partial charge in [0.2, 0.25) is 0 Å². The summed E-state index contributed by atoms with van der Waals surface area (Å²) in [6.07, 6.45) is 0. The van der Waals surface area contributed by atoms with Crippen LogP contribution in [0.2, 0.25) is 5.02 Å². The van der Waals surface area contributed by atoms with E-state index in [0.717, 1.165) is 22.4 Å². The van der Waals surface area contributed by atoms with Crippen molar-refractivity contribution in [1.82, 2.24) is 9.55 Å². The van der Waals surface area contributed by atoms with Crippen LogP contribution < -0.4 is 0 Å². The molecule has 0 aliphatic carbocycles. The van der Waals surface area contributed by atoms with Crippen LogP contribution in [0.3, 0.4) is 0 Å². The van der Waals surface area contributed by atoms with Gasteiger partial charge in [0.05, 0.1) is 11.0 Å². The number of fused-ring (bicyclic) bond motifs is 1. The standard InChI is InChI=1S/C14H11ClN2O/c1-17-13-8-11(18)5-6-12(13)16-14(17)9-3-2-4-10(15)7-9/h2-8,18H,1H3. The molecule has 0 bridgehead atoms. The Morgan fingerprint density at radius 3 is 2.78 bits per heavy atom. The Labute approximate surface area is 109 Å². The summed E-state index contributed by atoms with van der Waals surface area (Å²) < 4.78 is 1.95. The van der Waals surface area contributed by atoms with Gasteiger partial charge in [-0.25, -0.2) is 4.98 Å². The highest BCUT2D eigenvalue weighted by Crippen LogP contribution is 2.27. The van der Waals surface area contributed by atoms with Gasteiger partial charge in [0.1, 0.15) is 11.6 Å². The lowest BCUT2D eigenvalue weighted by Gasteiger charge is -2.02. The molecule has 90 valence electrons. The van der Waals surface area contributed by atoms with E-state index in [0.29, 0.717) is 5.02 Å². The van der Waals surface area contributed by atoms with Crippen molar-refractivity contribution >= 4 is 22.6 Å². The third-order valence-corrected chi connectivity index (χ3v) is 3.18. The molecule has 3 aromatic rings. The lowest BCUT2D eigenvalue weighted by Crippen LogP contribution is -1.92. The van der Waals surface area contributed by atoms with Gasteiger partial charge >= 0.3 is 0 Å². The van der Waals surface area contributed by atoms with E-state index in [9.17, 15) is 5.11 Å². The van der Waals surface area contributed by atoms with Crippen molar-refractivity contribution in [3.63, 3.8) is 0 Å². The maximum atomic E-state index is 9.52. The number of benzene rings is 2. The number of aromatic hydroxyl groups is 1. The van der Waals surface area contributed by atoms with Crippen molar-refractivity contribution < 1.29 is 5.11 Å². The minimum Gasteiger partial charge on any atom is -0.508 e. The first-order valence-corrected chi connectivity index (χ1v) is 5.94. The molecule has 0 aliphatic heterocycles. The van der Waals surface area contributed by atoms with E-state index in [1.807, 2.05) is 35.9 Å².